The highest BCUT2D eigenvalue weighted by Crippen LogP contribution is 1.96. The van der Waals surface area contributed by atoms with Gasteiger partial charge in [-0.15, -0.1) is 5.10 Å². The van der Waals surface area contributed by atoms with Gasteiger partial charge in [0.1, 0.15) is 12.2 Å². The molecule has 0 aliphatic heterocycles. The lowest BCUT2D eigenvalue weighted by Crippen LogP contribution is -3.14. The monoisotopic (exact) mass is 288 g/mol. The van der Waals surface area contributed by atoms with Gasteiger partial charge in [-0.1, -0.05) is 35.5 Å². The Balaban J connectivity index is 1.95. The highest BCUT2D eigenvalue weighted by Gasteiger charge is 2.14. The minimum absolute atomic E-state index is 0.121. The number of carbonyl (C=O) groups is 1. The van der Waals surface area contributed by atoms with E-state index in [1.54, 1.807) is 4.68 Å². The lowest BCUT2D eigenvalue weighted by atomic mass is 10.2. The first-order valence-electron chi connectivity index (χ1n) is 7.06. The summed E-state index contributed by atoms with van der Waals surface area (Å²) in [4.78, 5) is 12.1. The Labute approximate surface area is 124 Å². The van der Waals surface area contributed by atoms with Gasteiger partial charge in [-0.05, 0) is 13.8 Å². The van der Waals surface area contributed by atoms with E-state index in [4.69, 9.17) is 0 Å². The molecule has 0 aliphatic rings. The van der Waals surface area contributed by atoms with Crippen molar-refractivity contribution in [2.45, 2.75) is 33.0 Å². The van der Waals surface area contributed by atoms with Crippen molar-refractivity contribution in [3.05, 3.63) is 47.8 Å². The van der Waals surface area contributed by atoms with E-state index < -0.39 is 5.97 Å². The number of carbonyl (C=O) groups excluding carboxylic acids is 1. The predicted molar refractivity (Wildman–Crippen MR) is 75.5 cm³/mol. The number of aromatic nitrogens is 3. The lowest BCUT2D eigenvalue weighted by Gasteiger charge is -2.23. The third-order valence-corrected chi connectivity index (χ3v) is 3.50. The van der Waals surface area contributed by atoms with E-state index in [1.165, 1.54) is 16.7 Å². The Bertz CT molecular complexity index is 580. The average molecular weight is 288 g/mol. The molecule has 0 aliphatic carbocycles. The van der Waals surface area contributed by atoms with Crippen molar-refractivity contribution >= 4 is 5.97 Å². The van der Waals surface area contributed by atoms with Crippen LogP contribution in [0.3, 0.4) is 0 Å². The van der Waals surface area contributed by atoms with Gasteiger partial charge in [0, 0.05) is 5.56 Å². The molecule has 21 heavy (non-hydrogen) atoms. The van der Waals surface area contributed by atoms with Crippen LogP contribution in [0.25, 0.3) is 0 Å². The molecule has 0 fully saturated rings. The van der Waals surface area contributed by atoms with Gasteiger partial charge in [0.15, 0.2) is 0 Å². The molecule has 2 rings (SSSR count). The summed E-state index contributed by atoms with van der Waals surface area (Å²) in [6.07, 6.45) is 1.41. The Morgan fingerprint density at radius 1 is 1.33 bits per heavy atom. The minimum Gasteiger partial charge on any atom is -0.543 e. The van der Waals surface area contributed by atoms with Crippen molar-refractivity contribution in [2.75, 3.05) is 6.54 Å². The molecule has 1 aromatic heterocycles. The van der Waals surface area contributed by atoms with Gasteiger partial charge in [0.05, 0.1) is 31.3 Å². The Kier molecular flexibility index (Phi) is 5.05. The maximum atomic E-state index is 10.7. The second kappa shape index (κ2) is 6.99. The van der Waals surface area contributed by atoms with Crippen LogP contribution in [-0.4, -0.2) is 33.5 Å². The second-order valence-corrected chi connectivity index (χ2v) is 5.38. The van der Waals surface area contributed by atoms with E-state index in [9.17, 15) is 9.90 Å². The number of quaternary nitrogens is 1. The molecule has 1 N–H and O–H groups in total. The molecule has 0 spiro atoms. The predicted octanol–water partition coefficient (Wildman–Crippen LogP) is -0.865. The first-order valence-corrected chi connectivity index (χ1v) is 7.06. The van der Waals surface area contributed by atoms with E-state index in [-0.39, 0.29) is 5.69 Å². The molecule has 1 aromatic carbocycles. The third kappa shape index (κ3) is 4.39. The number of hydrogen-bond donors (Lipinski definition) is 1. The van der Waals surface area contributed by atoms with Crippen LogP contribution in [0.5, 0.6) is 0 Å². The molecular weight excluding hydrogens is 268 g/mol. The van der Waals surface area contributed by atoms with Crippen LogP contribution in [0.15, 0.2) is 36.5 Å². The third-order valence-electron chi connectivity index (χ3n) is 3.50. The summed E-state index contributed by atoms with van der Waals surface area (Å²) in [7, 11) is 0. The van der Waals surface area contributed by atoms with Crippen LogP contribution in [0, 0.1) is 0 Å². The maximum absolute atomic E-state index is 10.7. The highest BCUT2D eigenvalue weighted by molar-refractivity contribution is 5.82. The van der Waals surface area contributed by atoms with Gasteiger partial charge in [-0.3, -0.25) is 0 Å². The van der Waals surface area contributed by atoms with Crippen molar-refractivity contribution in [1.29, 1.82) is 0 Å². The Morgan fingerprint density at radius 3 is 2.62 bits per heavy atom. The van der Waals surface area contributed by atoms with Crippen LogP contribution in [-0.2, 0) is 13.1 Å². The van der Waals surface area contributed by atoms with E-state index >= 15 is 0 Å². The zero-order valence-electron chi connectivity index (χ0n) is 12.3. The van der Waals surface area contributed by atoms with Crippen LogP contribution < -0.4 is 10.0 Å². The topological polar surface area (TPSA) is 75.3 Å². The number of benzene rings is 1. The zero-order valence-corrected chi connectivity index (χ0v) is 12.3. The van der Waals surface area contributed by atoms with Gasteiger partial charge in [-0.25, -0.2) is 4.68 Å². The fourth-order valence-corrected chi connectivity index (χ4v) is 2.20. The molecular formula is C15H20N4O2. The standard InChI is InChI=1S/C15H20N4O2/c1-12(2)18(10-13-6-4-3-5-7-13)8-9-19-11-14(15(20)21)16-17-19/h3-7,11-12H,8-10H2,1-2H3,(H,20,21). The van der Waals surface area contributed by atoms with Crippen molar-refractivity contribution in [3.63, 3.8) is 0 Å². The Morgan fingerprint density at radius 2 is 2.05 bits per heavy atom. The fraction of sp³-hybridized carbons (Fsp3) is 0.400. The molecule has 0 bridgehead atoms. The van der Waals surface area contributed by atoms with Crippen LogP contribution >= 0.6 is 0 Å². The van der Waals surface area contributed by atoms with Gasteiger partial charge < -0.3 is 14.8 Å². The summed E-state index contributed by atoms with van der Waals surface area (Å²) >= 11 is 0. The summed E-state index contributed by atoms with van der Waals surface area (Å²) in [5.74, 6) is -1.29. The van der Waals surface area contributed by atoms with Gasteiger partial charge in [-0.2, -0.15) is 0 Å². The van der Waals surface area contributed by atoms with Gasteiger partial charge in [0.25, 0.3) is 0 Å². The number of hydrogen-bond acceptors (Lipinski definition) is 4. The largest absolute Gasteiger partial charge is 0.543 e. The molecule has 1 heterocycles. The summed E-state index contributed by atoms with van der Waals surface area (Å²) in [6, 6.07) is 10.8. The first-order chi connectivity index (χ1) is 10.1. The number of nitrogens with zero attached hydrogens (tertiary/aromatic N) is 3. The number of carboxylic acid groups (broad SMARTS) is 1. The molecule has 1 atom stereocenters. The number of rotatable bonds is 7. The van der Waals surface area contributed by atoms with E-state index in [2.05, 4.69) is 36.3 Å². The molecule has 0 radical (unpaired) electrons. The Hall–Kier alpha value is -2.21. The van der Waals surface area contributed by atoms with Crippen LogP contribution in [0.2, 0.25) is 0 Å². The normalized spacial score (nSPS) is 12.5. The molecule has 6 heteroatoms. The van der Waals surface area contributed by atoms with Crippen molar-refractivity contribution in [1.82, 2.24) is 15.0 Å². The summed E-state index contributed by atoms with van der Waals surface area (Å²) in [6.45, 7) is 6.75. The number of nitrogens with one attached hydrogen (secondary N) is 1. The van der Waals surface area contributed by atoms with E-state index in [0.29, 0.717) is 12.6 Å². The number of aromatic carboxylic acids is 1. The second-order valence-electron chi connectivity index (χ2n) is 5.38. The summed E-state index contributed by atoms with van der Waals surface area (Å²) in [5.41, 5.74) is 1.17. The molecule has 1 unspecified atom stereocenters. The summed E-state index contributed by atoms with van der Waals surface area (Å²) < 4.78 is 1.55. The smallest absolute Gasteiger partial charge is 0.128 e. The molecule has 2 aromatic rings. The average Bonchev–Trinajstić information content (AvgIpc) is 2.93. The van der Waals surface area contributed by atoms with E-state index in [1.807, 2.05) is 18.2 Å². The number of carboxylic acids is 1. The molecule has 0 amide bonds. The zero-order chi connectivity index (χ0) is 15.2. The highest BCUT2D eigenvalue weighted by atomic mass is 16.4. The SMILES string of the molecule is CC(C)[NH+](CCn1cc(C(=O)[O-])nn1)Cc1ccccc1. The van der Waals surface area contributed by atoms with Crippen LogP contribution in [0.4, 0.5) is 0 Å². The van der Waals surface area contributed by atoms with Gasteiger partial charge >= 0.3 is 0 Å². The van der Waals surface area contributed by atoms with Crippen molar-refractivity contribution in [3.8, 4) is 0 Å². The van der Waals surface area contributed by atoms with Gasteiger partial charge in [0.2, 0.25) is 0 Å². The molecule has 6 nitrogen and oxygen atoms in total. The van der Waals surface area contributed by atoms with E-state index in [0.717, 1.165) is 13.1 Å². The lowest BCUT2D eigenvalue weighted by molar-refractivity contribution is -0.935. The quantitative estimate of drug-likeness (QED) is 0.719. The van der Waals surface area contributed by atoms with Crippen LogP contribution in [0.1, 0.15) is 29.9 Å². The fourth-order valence-electron chi connectivity index (χ4n) is 2.20. The first kappa shape index (κ1) is 15.2. The van der Waals surface area contributed by atoms with Crippen molar-refractivity contribution < 1.29 is 14.8 Å². The minimum atomic E-state index is -1.29. The molecule has 112 valence electrons. The van der Waals surface area contributed by atoms with Crippen molar-refractivity contribution in [2.24, 2.45) is 0 Å². The molecule has 0 saturated heterocycles. The maximum Gasteiger partial charge on any atom is 0.128 e. The molecule has 0 saturated carbocycles. The summed E-state index contributed by atoms with van der Waals surface area (Å²) in [5, 5.41) is 18.0.